The van der Waals surface area contributed by atoms with Gasteiger partial charge in [-0.1, -0.05) is 19.8 Å². The van der Waals surface area contributed by atoms with E-state index >= 15 is 0 Å². The van der Waals surface area contributed by atoms with Crippen molar-refractivity contribution in [2.75, 3.05) is 7.11 Å². The van der Waals surface area contributed by atoms with E-state index in [1.165, 1.54) is 25.3 Å². The Morgan fingerprint density at radius 3 is 2.65 bits per heavy atom. The molecule has 0 aromatic heterocycles. The smallest absolute Gasteiger partial charge is 0.326 e. The lowest BCUT2D eigenvalue weighted by atomic mass is 10.1. The van der Waals surface area contributed by atoms with E-state index in [1.807, 2.05) is 6.92 Å². The highest BCUT2D eigenvalue weighted by Gasteiger charge is 2.21. The highest BCUT2D eigenvalue weighted by atomic mass is 16.5. The Bertz CT molecular complexity index is 486. The Labute approximate surface area is 117 Å². The molecule has 0 aliphatic heterocycles. The third-order valence-electron chi connectivity index (χ3n) is 2.90. The van der Waals surface area contributed by atoms with Crippen LogP contribution in [-0.4, -0.2) is 35.2 Å². The number of ether oxygens (including phenoxy) is 1. The molecule has 1 atom stereocenters. The van der Waals surface area contributed by atoms with E-state index in [2.05, 4.69) is 5.32 Å². The standard InChI is InChI=1S/C14H19NO5/c1-3-4-5-11(14(18)19)15-13(17)10-8-9(20-2)6-7-12(10)16/h6-8,11,16H,3-5H2,1-2H3,(H,15,17)(H,18,19)/t11-/m0/s1. The number of methoxy groups -OCH3 is 1. The first-order valence-electron chi connectivity index (χ1n) is 6.40. The molecule has 110 valence electrons. The molecule has 0 fully saturated rings. The van der Waals surface area contributed by atoms with Gasteiger partial charge in [-0.05, 0) is 24.6 Å². The van der Waals surface area contributed by atoms with Crippen LogP contribution in [0.4, 0.5) is 0 Å². The first-order valence-corrected chi connectivity index (χ1v) is 6.40. The monoisotopic (exact) mass is 281 g/mol. The zero-order valence-corrected chi connectivity index (χ0v) is 11.5. The van der Waals surface area contributed by atoms with E-state index in [-0.39, 0.29) is 11.3 Å². The van der Waals surface area contributed by atoms with Gasteiger partial charge in [-0.15, -0.1) is 0 Å². The van der Waals surface area contributed by atoms with Crippen molar-refractivity contribution < 1.29 is 24.5 Å². The number of carboxylic acids is 1. The summed E-state index contributed by atoms with van der Waals surface area (Å²) in [6.45, 7) is 1.94. The molecule has 6 nitrogen and oxygen atoms in total. The van der Waals surface area contributed by atoms with E-state index in [9.17, 15) is 14.7 Å². The second-order valence-electron chi connectivity index (χ2n) is 4.39. The van der Waals surface area contributed by atoms with Crippen LogP contribution in [0.5, 0.6) is 11.5 Å². The van der Waals surface area contributed by atoms with Gasteiger partial charge in [0.15, 0.2) is 0 Å². The number of phenols is 1. The maximum atomic E-state index is 12.0. The van der Waals surface area contributed by atoms with Gasteiger partial charge >= 0.3 is 5.97 Å². The predicted molar refractivity (Wildman–Crippen MR) is 73.1 cm³/mol. The Morgan fingerprint density at radius 2 is 2.10 bits per heavy atom. The number of carbonyl (C=O) groups excluding carboxylic acids is 1. The van der Waals surface area contributed by atoms with Crippen LogP contribution in [0, 0.1) is 0 Å². The molecule has 0 radical (unpaired) electrons. The first-order chi connectivity index (χ1) is 9.49. The minimum atomic E-state index is -1.09. The Kier molecular flexibility index (Phi) is 5.83. The van der Waals surface area contributed by atoms with Crippen molar-refractivity contribution >= 4 is 11.9 Å². The van der Waals surface area contributed by atoms with Crippen molar-refractivity contribution in [2.24, 2.45) is 0 Å². The molecule has 0 bridgehead atoms. The molecular weight excluding hydrogens is 262 g/mol. The van der Waals surface area contributed by atoms with Gasteiger partial charge in [-0.2, -0.15) is 0 Å². The summed E-state index contributed by atoms with van der Waals surface area (Å²) in [6.07, 6.45) is 1.88. The number of amides is 1. The number of rotatable bonds is 7. The summed E-state index contributed by atoms with van der Waals surface area (Å²) in [7, 11) is 1.44. The van der Waals surface area contributed by atoms with Crippen molar-refractivity contribution in [3.8, 4) is 11.5 Å². The Hall–Kier alpha value is -2.24. The lowest BCUT2D eigenvalue weighted by Crippen LogP contribution is -2.40. The van der Waals surface area contributed by atoms with E-state index in [0.29, 0.717) is 18.6 Å². The zero-order chi connectivity index (χ0) is 15.1. The Balaban J connectivity index is 2.85. The number of unbranched alkanes of at least 4 members (excludes halogenated alkanes) is 1. The molecule has 1 aromatic rings. The summed E-state index contributed by atoms with van der Waals surface area (Å²) in [4.78, 5) is 23.1. The fourth-order valence-corrected chi connectivity index (χ4v) is 1.73. The third kappa shape index (κ3) is 4.15. The van der Waals surface area contributed by atoms with Gasteiger partial charge in [0.1, 0.15) is 17.5 Å². The van der Waals surface area contributed by atoms with Gasteiger partial charge in [0.25, 0.3) is 5.91 Å². The third-order valence-corrected chi connectivity index (χ3v) is 2.90. The summed E-state index contributed by atoms with van der Waals surface area (Å²) in [5.74, 6) is -1.53. The molecule has 3 N–H and O–H groups in total. The van der Waals surface area contributed by atoms with Gasteiger partial charge in [0.2, 0.25) is 0 Å². The maximum absolute atomic E-state index is 12.0. The quantitative estimate of drug-likeness (QED) is 0.708. The Morgan fingerprint density at radius 1 is 1.40 bits per heavy atom. The SMILES string of the molecule is CCCC[C@H](NC(=O)c1cc(OC)ccc1O)C(=O)O. The predicted octanol–water partition coefficient (Wildman–Crippen LogP) is 1.77. The van der Waals surface area contributed by atoms with Gasteiger partial charge in [0, 0.05) is 0 Å². The fraction of sp³-hybridized carbons (Fsp3) is 0.429. The number of hydrogen-bond acceptors (Lipinski definition) is 4. The van der Waals surface area contributed by atoms with Gasteiger partial charge in [0.05, 0.1) is 12.7 Å². The second kappa shape index (κ2) is 7.37. The van der Waals surface area contributed by atoms with Gasteiger partial charge < -0.3 is 20.3 Å². The zero-order valence-electron chi connectivity index (χ0n) is 11.5. The summed E-state index contributed by atoms with van der Waals surface area (Å²) in [6, 6.07) is 3.24. The average Bonchev–Trinajstić information content (AvgIpc) is 2.43. The summed E-state index contributed by atoms with van der Waals surface area (Å²) >= 11 is 0. The molecule has 0 spiro atoms. The molecule has 0 heterocycles. The summed E-state index contributed by atoms with van der Waals surface area (Å²) in [5, 5.41) is 21.1. The van der Waals surface area contributed by atoms with Crippen LogP contribution in [0.2, 0.25) is 0 Å². The van der Waals surface area contributed by atoms with Crippen LogP contribution in [0.3, 0.4) is 0 Å². The number of hydrogen-bond donors (Lipinski definition) is 3. The summed E-state index contributed by atoms with van der Waals surface area (Å²) < 4.78 is 4.97. The van der Waals surface area contributed by atoms with Crippen LogP contribution in [-0.2, 0) is 4.79 Å². The molecule has 0 saturated carbocycles. The van der Waals surface area contributed by atoms with Crippen LogP contribution in [0.25, 0.3) is 0 Å². The molecule has 1 amide bonds. The highest BCUT2D eigenvalue weighted by Crippen LogP contribution is 2.22. The summed E-state index contributed by atoms with van der Waals surface area (Å²) in [5.41, 5.74) is -0.00732. The van der Waals surface area contributed by atoms with E-state index in [1.54, 1.807) is 0 Å². The van der Waals surface area contributed by atoms with Crippen LogP contribution >= 0.6 is 0 Å². The van der Waals surface area contributed by atoms with Crippen LogP contribution in [0.1, 0.15) is 36.5 Å². The number of benzene rings is 1. The molecule has 6 heteroatoms. The molecule has 1 aromatic carbocycles. The maximum Gasteiger partial charge on any atom is 0.326 e. The van der Waals surface area contributed by atoms with Crippen molar-refractivity contribution in [1.82, 2.24) is 5.32 Å². The van der Waals surface area contributed by atoms with Crippen molar-refractivity contribution in [2.45, 2.75) is 32.2 Å². The van der Waals surface area contributed by atoms with E-state index < -0.39 is 17.9 Å². The highest BCUT2D eigenvalue weighted by molar-refractivity contribution is 5.99. The lowest BCUT2D eigenvalue weighted by molar-refractivity contribution is -0.139. The van der Waals surface area contributed by atoms with Crippen molar-refractivity contribution in [3.05, 3.63) is 23.8 Å². The van der Waals surface area contributed by atoms with Crippen molar-refractivity contribution in [1.29, 1.82) is 0 Å². The second-order valence-corrected chi connectivity index (χ2v) is 4.39. The lowest BCUT2D eigenvalue weighted by Gasteiger charge is -2.15. The molecule has 0 unspecified atom stereocenters. The normalized spacial score (nSPS) is 11.7. The molecule has 0 saturated heterocycles. The van der Waals surface area contributed by atoms with Crippen LogP contribution in [0.15, 0.2) is 18.2 Å². The number of carboxylic acid groups (broad SMARTS) is 1. The average molecular weight is 281 g/mol. The number of aliphatic carboxylic acids is 1. The van der Waals surface area contributed by atoms with Crippen molar-refractivity contribution in [3.63, 3.8) is 0 Å². The minimum absolute atomic E-state index is 0.00732. The molecular formula is C14H19NO5. The fourth-order valence-electron chi connectivity index (χ4n) is 1.73. The van der Waals surface area contributed by atoms with E-state index in [4.69, 9.17) is 9.84 Å². The number of carbonyl (C=O) groups is 2. The number of phenolic OH excluding ortho intramolecular Hbond substituents is 1. The van der Waals surface area contributed by atoms with E-state index in [0.717, 1.165) is 6.42 Å². The molecule has 20 heavy (non-hydrogen) atoms. The van der Waals surface area contributed by atoms with Gasteiger partial charge in [-0.25, -0.2) is 4.79 Å². The number of aromatic hydroxyl groups is 1. The minimum Gasteiger partial charge on any atom is -0.507 e. The molecule has 0 aliphatic carbocycles. The van der Waals surface area contributed by atoms with Crippen LogP contribution < -0.4 is 10.1 Å². The largest absolute Gasteiger partial charge is 0.507 e. The topological polar surface area (TPSA) is 95.9 Å². The van der Waals surface area contributed by atoms with Gasteiger partial charge in [-0.3, -0.25) is 4.79 Å². The number of nitrogens with one attached hydrogen (secondary N) is 1. The molecule has 0 aliphatic rings. The molecule has 1 rings (SSSR count). The first kappa shape index (κ1) is 15.8.